The van der Waals surface area contributed by atoms with E-state index in [4.69, 9.17) is 37.9 Å². The van der Waals surface area contributed by atoms with Gasteiger partial charge in [-0.2, -0.15) is 0 Å². The van der Waals surface area contributed by atoms with Crippen molar-refractivity contribution in [2.45, 2.75) is 122 Å². The fourth-order valence-electron chi connectivity index (χ4n) is 9.81. The number of fused-ring (bicyclic) bond motifs is 1. The quantitative estimate of drug-likeness (QED) is 0.0232. The summed E-state index contributed by atoms with van der Waals surface area (Å²) in [4.78, 5) is 80.9. The van der Waals surface area contributed by atoms with Gasteiger partial charge in [-0.05, 0) is 200 Å². The number of para-hydroxylation sites is 1. The molecule has 0 saturated heterocycles. The molecule has 80 heavy (non-hydrogen) atoms. The zero-order valence-electron chi connectivity index (χ0n) is 45.7. The maximum atomic E-state index is 13.8. The summed E-state index contributed by atoms with van der Waals surface area (Å²) in [5.74, 6) is -1.61. The smallest absolute Gasteiger partial charge is 0.330 e. The Kier molecular flexibility index (Phi) is 23.2. The highest BCUT2D eigenvalue weighted by molar-refractivity contribution is 5.99. The predicted molar refractivity (Wildman–Crippen MR) is 300 cm³/mol. The van der Waals surface area contributed by atoms with E-state index in [-0.39, 0.29) is 29.4 Å². The molecule has 0 bridgehead atoms. The number of carbonyl (C=O) groups is 6. The molecule has 7 rings (SSSR count). The van der Waals surface area contributed by atoms with Crippen molar-refractivity contribution in [2.24, 2.45) is 28.7 Å². The van der Waals surface area contributed by atoms with E-state index in [9.17, 15) is 33.9 Å². The van der Waals surface area contributed by atoms with Gasteiger partial charge in [-0.25, -0.2) is 9.59 Å². The molecular formula is C64H73NO15. The lowest BCUT2D eigenvalue weighted by atomic mass is 9.82. The number of hydrogen-bond donors (Lipinski definition) is 1. The molecular weight excluding hydrogens is 1020 g/mol. The number of hydrogen-bond acceptors (Lipinski definition) is 16. The van der Waals surface area contributed by atoms with Gasteiger partial charge in [0.2, 0.25) is 0 Å². The number of aliphatic hydroxyl groups excluding tert-OH is 1. The minimum Gasteiger partial charge on any atom is -0.494 e. The molecule has 2 saturated carbocycles. The number of aliphatic imine (C=N–C) groups is 1. The lowest BCUT2D eigenvalue weighted by molar-refractivity contribution is -0.145. The number of unbranched alkanes of at least 4 members (excludes halogenated alkanes) is 6. The van der Waals surface area contributed by atoms with Crippen LogP contribution in [0.2, 0.25) is 0 Å². The highest BCUT2D eigenvalue weighted by atomic mass is 16.6. The molecule has 16 nitrogen and oxygen atoms in total. The fourth-order valence-corrected chi connectivity index (χ4v) is 9.81. The molecule has 1 unspecified atom stereocenters. The summed E-state index contributed by atoms with van der Waals surface area (Å²) in [6.45, 7) is 10.3. The van der Waals surface area contributed by atoms with Crippen molar-refractivity contribution in [3.8, 4) is 34.5 Å². The fraction of sp³-hybridized carbons (Fsp3) is 0.422. The Morgan fingerprint density at radius 1 is 0.525 bits per heavy atom. The maximum absolute atomic E-state index is 13.8. The SMILES string of the molecule is C=CC(=O)OCCCCCCOc1ccc(OC(=O)C2CCC(C(=O)Oc3ccc(OC(=O)C4CCC(C(=O)Oc5ccc(OCCCCCCOC(=O)C=C)cc5)CC4)c(/C(C)=C/C(O)C4=Nc5ccccc5C4)c3)CC2)cc1. The van der Waals surface area contributed by atoms with Crippen LogP contribution in [0.1, 0.15) is 121 Å². The largest absolute Gasteiger partial charge is 0.494 e. The number of carbonyl (C=O) groups excluding carboxylic acids is 6. The van der Waals surface area contributed by atoms with E-state index >= 15 is 0 Å². The van der Waals surface area contributed by atoms with Crippen LogP contribution < -0.4 is 28.4 Å². The Morgan fingerprint density at radius 2 is 0.925 bits per heavy atom. The topological polar surface area (TPSA) is 209 Å². The second-order valence-corrected chi connectivity index (χ2v) is 20.4. The minimum atomic E-state index is -1.05. The predicted octanol–water partition coefficient (Wildman–Crippen LogP) is 11.8. The molecule has 16 heteroatoms. The maximum Gasteiger partial charge on any atom is 0.330 e. The highest BCUT2D eigenvalue weighted by Crippen LogP contribution is 2.37. The van der Waals surface area contributed by atoms with Crippen molar-refractivity contribution in [2.75, 3.05) is 26.4 Å². The first-order chi connectivity index (χ1) is 38.8. The number of esters is 6. The third-order valence-electron chi connectivity index (χ3n) is 14.5. The van der Waals surface area contributed by atoms with Crippen molar-refractivity contribution >= 4 is 52.8 Å². The van der Waals surface area contributed by atoms with Crippen LogP contribution in [0.5, 0.6) is 34.5 Å². The summed E-state index contributed by atoms with van der Waals surface area (Å²) in [6.07, 6.45) is 13.7. The summed E-state index contributed by atoms with van der Waals surface area (Å²) in [7, 11) is 0. The molecule has 3 aliphatic rings. The van der Waals surface area contributed by atoms with Crippen LogP contribution in [0.25, 0.3) is 5.57 Å². The Labute approximate surface area is 468 Å². The van der Waals surface area contributed by atoms with Gasteiger partial charge in [0.15, 0.2) is 0 Å². The molecule has 4 aromatic rings. The summed E-state index contributed by atoms with van der Waals surface area (Å²) in [5.41, 5.74) is 3.38. The van der Waals surface area contributed by atoms with Gasteiger partial charge in [0.05, 0.1) is 61.5 Å². The summed E-state index contributed by atoms with van der Waals surface area (Å²) < 4.78 is 45.1. The van der Waals surface area contributed by atoms with Gasteiger partial charge in [-0.3, -0.25) is 24.2 Å². The Balaban J connectivity index is 0.877. The van der Waals surface area contributed by atoms with E-state index < -0.39 is 47.7 Å². The summed E-state index contributed by atoms with van der Waals surface area (Å²) in [5, 5.41) is 11.4. The lowest BCUT2D eigenvalue weighted by Crippen LogP contribution is -2.30. The van der Waals surface area contributed by atoms with Gasteiger partial charge in [-0.1, -0.05) is 31.4 Å². The molecule has 2 fully saturated rings. The molecule has 0 amide bonds. The molecule has 2 aliphatic carbocycles. The van der Waals surface area contributed by atoms with E-state index in [1.807, 2.05) is 24.3 Å². The molecule has 1 aliphatic heterocycles. The van der Waals surface area contributed by atoms with Crippen molar-refractivity contribution in [3.63, 3.8) is 0 Å². The zero-order valence-corrected chi connectivity index (χ0v) is 45.7. The average Bonchev–Trinajstić information content (AvgIpc) is 3.94. The van der Waals surface area contributed by atoms with Crippen LogP contribution in [-0.4, -0.2) is 79.2 Å². The minimum absolute atomic E-state index is 0.222. The number of rotatable bonds is 29. The van der Waals surface area contributed by atoms with Crippen molar-refractivity contribution < 1.29 is 71.8 Å². The number of benzene rings is 4. The molecule has 4 aromatic carbocycles. The van der Waals surface area contributed by atoms with Gasteiger partial charge in [-0.15, -0.1) is 0 Å². The Hall–Kier alpha value is -7.85. The highest BCUT2D eigenvalue weighted by Gasteiger charge is 2.34. The normalized spacial score (nSPS) is 18.0. The lowest BCUT2D eigenvalue weighted by Gasteiger charge is -2.26. The first-order valence-corrected chi connectivity index (χ1v) is 27.9. The molecule has 0 aromatic heterocycles. The molecule has 0 spiro atoms. The molecule has 1 heterocycles. The summed E-state index contributed by atoms with van der Waals surface area (Å²) >= 11 is 0. The van der Waals surface area contributed by atoms with Crippen LogP contribution in [-0.2, 0) is 44.7 Å². The van der Waals surface area contributed by atoms with E-state index in [0.29, 0.717) is 124 Å². The number of aliphatic hydroxyl groups is 1. The van der Waals surface area contributed by atoms with E-state index in [1.165, 1.54) is 0 Å². The van der Waals surface area contributed by atoms with E-state index in [0.717, 1.165) is 74.8 Å². The second kappa shape index (κ2) is 31.1. The standard InChI is InChI=1S/C64H73NO15/c1-4-59(67)75-38-14-8-6-12-36-73-49-26-30-51(31-27-49)77-61(69)44-18-20-46(21-19-44)63(71)79-53-34-35-58(54(42-53)43(3)40-57(66)56-41-48-16-10-11-17-55(48)65-56)80-64(72)47-24-22-45(23-25-47)62(70)78-52-32-28-50(29-33-52)74-37-13-7-9-15-39-76-60(68)5-2/h4-5,10-11,16-17,26-35,40,42,44-47,57,66H,1-2,6-9,12-15,18-25,36-39,41H2,3H3/b43-40+. The third-order valence-corrected chi connectivity index (χ3v) is 14.5. The van der Waals surface area contributed by atoms with Crippen LogP contribution >= 0.6 is 0 Å². The molecule has 1 atom stereocenters. The van der Waals surface area contributed by atoms with Crippen LogP contribution in [0.15, 0.2) is 127 Å². The van der Waals surface area contributed by atoms with Gasteiger partial charge in [0.1, 0.15) is 40.6 Å². The molecule has 1 N–H and O–H groups in total. The summed E-state index contributed by atoms with van der Waals surface area (Å²) in [6, 6.07) is 26.3. The number of allylic oxidation sites excluding steroid dienone is 1. The third kappa shape index (κ3) is 18.6. The molecule has 424 valence electrons. The zero-order chi connectivity index (χ0) is 56.6. The van der Waals surface area contributed by atoms with Crippen LogP contribution in [0, 0.1) is 23.7 Å². The van der Waals surface area contributed by atoms with Crippen molar-refractivity contribution in [3.05, 3.63) is 134 Å². The second-order valence-electron chi connectivity index (χ2n) is 20.4. The van der Waals surface area contributed by atoms with Gasteiger partial charge in [0.25, 0.3) is 0 Å². The van der Waals surface area contributed by atoms with Crippen LogP contribution in [0.4, 0.5) is 5.69 Å². The van der Waals surface area contributed by atoms with E-state index in [2.05, 4.69) is 18.2 Å². The Bertz CT molecular complexity index is 2820. The van der Waals surface area contributed by atoms with E-state index in [1.54, 1.807) is 79.7 Å². The van der Waals surface area contributed by atoms with Gasteiger partial charge < -0.3 is 43.0 Å². The van der Waals surface area contributed by atoms with Crippen molar-refractivity contribution in [1.29, 1.82) is 0 Å². The number of nitrogens with zero attached hydrogens (tertiary/aromatic N) is 1. The first kappa shape index (κ1) is 59.8. The van der Waals surface area contributed by atoms with Gasteiger partial charge >= 0.3 is 35.8 Å². The van der Waals surface area contributed by atoms with Gasteiger partial charge in [0, 0.05) is 24.1 Å². The monoisotopic (exact) mass is 1100 g/mol. The average molecular weight is 1100 g/mol. The molecule has 0 radical (unpaired) electrons. The number of ether oxygens (including phenoxy) is 8. The van der Waals surface area contributed by atoms with Crippen molar-refractivity contribution in [1.82, 2.24) is 0 Å². The van der Waals surface area contributed by atoms with Crippen LogP contribution in [0.3, 0.4) is 0 Å². The first-order valence-electron chi connectivity index (χ1n) is 27.9. The Morgan fingerprint density at radius 3 is 1.38 bits per heavy atom.